The van der Waals surface area contributed by atoms with Gasteiger partial charge in [-0.1, -0.05) is 20.8 Å². The second-order valence-electron chi connectivity index (χ2n) is 4.95. The van der Waals surface area contributed by atoms with Gasteiger partial charge in [0, 0.05) is 19.8 Å². The van der Waals surface area contributed by atoms with Crippen molar-refractivity contribution < 1.29 is 4.74 Å². The minimum atomic E-state index is 0.663. The van der Waals surface area contributed by atoms with Gasteiger partial charge in [0.1, 0.15) is 0 Å². The van der Waals surface area contributed by atoms with E-state index in [0.29, 0.717) is 5.92 Å². The van der Waals surface area contributed by atoms with Crippen LogP contribution in [0.15, 0.2) is 0 Å². The van der Waals surface area contributed by atoms with E-state index in [1.54, 1.807) is 7.11 Å². The SMILES string of the molecule is COCC(C)C(C)C(C)CNC1CC1. The third kappa shape index (κ3) is 3.97. The molecule has 0 aromatic carbocycles. The van der Waals surface area contributed by atoms with Gasteiger partial charge in [-0.2, -0.15) is 0 Å². The molecular weight excluding hydrogens is 174 g/mol. The molecule has 1 N–H and O–H groups in total. The van der Waals surface area contributed by atoms with Gasteiger partial charge in [-0.3, -0.25) is 0 Å². The molecule has 1 fully saturated rings. The van der Waals surface area contributed by atoms with Gasteiger partial charge in [0.2, 0.25) is 0 Å². The molecule has 3 unspecified atom stereocenters. The predicted molar refractivity (Wildman–Crippen MR) is 60.4 cm³/mol. The molecule has 3 atom stereocenters. The fourth-order valence-corrected chi connectivity index (χ4v) is 1.80. The number of nitrogens with one attached hydrogen (secondary N) is 1. The van der Waals surface area contributed by atoms with Crippen LogP contribution in [-0.4, -0.2) is 26.3 Å². The van der Waals surface area contributed by atoms with Gasteiger partial charge < -0.3 is 10.1 Å². The summed E-state index contributed by atoms with van der Waals surface area (Å²) in [6, 6.07) is 0.836. The van der Waals surface area contributed by atoms with Crippen molar-refractivity contribution in [2.24, 2.45) is 17.8 Å². The molecule has 2 nitrogen and oxygen atoms in total. The first-order valence-electron chi connectivity index (χ1n) is 5.87. The molecule has 1 aliphatic rings. The van der Waals surface area contributed by atoms with Gasteiger partial charge in [0.15, 0.2) is 0 Å². The molecule has 1 saturated carbocycles. The van der Waals surface area contributed by atoms with Gasteiger partial charge in [-0.15, -0.1) is 0 Å². The highest BCUT2D eigenvalue weighted by molar-refractivity contribution is 4.82. The summed E-state index contributed by atoms with van der Waals surface area (Å²) in [6.45, 7) is 9.01. The Morgan fingerprint density at radius 1 is 1.21 bits per heavy atom. The molecule has 1 aliphatic carbocycles. The summed E-state index contributed by atoms with van der Waals surface area (Å²) in [4.78, 5) is 0. The van der Waals surface area contributed by atoms with Crippen LogP contribution in [-0.2, 0) is 4.74 Å². The highest BCUT2D eigenvalue weighted by Gasteiger charge is 2.24. The van der Waals surface area contributed by atoms with E-state index >= 15 is 0 Å². The molecule has 0 aromatic heterocycles. The molecule has 0 amide bonds. The molecule has 84 valence electrons. The van der Waals surface area contributed by atoms with Crippen LogP contribution in [0, 0.1) is 17.8 Å². The van der Waals surface area contributed by atoms with Gasteiger partial charge in [0.25, 0.3) is 0 Å². The minimum absolute atomic E-state index is 0.663. The van der Waals surface area contributed by atoms with Crippen LogP contribution < -0.4 is 5.32 Å². The largest absolute Gasteiger partial charge is 0.384 e. The van der Waals surface area contributed by atoms with Crippen LogP contribution >= 0.6 is 0 Å². The van der Waals surface area contributed by atoms with Crippen LogP contribution in [0.3, 0.4) is 0 Å². The van der Waals surface area contributed by atoms with Gasteiger partial charge in [-0.05, 0) is 37.1 Å². The molecule has 14 heavy (non-hydrogen) atoms. The van der Waals surface area contributed by atoms with Crippen molar-refractivity contribution in [2.75, 3.05) is 20.3 Å². The first-order valence-corrected chi connectivity index (χ1v) is 5.87. The lowest BCUT2D eigenvalue weighted by molar-refractivity contribution is 0.115. The lowest BCUT2D eigenvalue weighted by Gasteiger charge is -2.25. The summed E-state index contributed by atoms with van der Waals surface area (Å²) in [7, 11) is 1.79. The molecule has 0 spiro atoms. The monoisotopic (exact) mass is 199 g/mol. The van der Waals surface area contributed by atoms with Crippen molar-refractivity contribution in [3.63, 3.8) is 0 Å². The van der Waals surface area contributed by atoms with Crippen LogP contribution in [0.1, 0.15) is 33.6 Å². The highest BCUT2D eigenvalue weighted by Crippen LogP contribution is 2.23. The summed E-state index contributed by atoms with van der Waals surface area (Å²) in [6.07, 6.45) is 2.77. The van der Waals surface area contributed by atoms with E-state index < -0.39 is 0 Å². The zero-order valence-electron chi connectivity index (χ0n) is 10.0. The van der Waals surface area contributed by atoms with E-state index in [0.717, 1.165) is 24.5 Å². The van der Waals surface area contributed by atoms with Crippen molar-refractivity contribution in [1.29, 1.82) is 0 Å². The second kappa shape index (κ2) is 5.72. The average molecular weight is 199 g/mol. The minimum Gasteiger partial charge on any atom is -0.384 e. The Kier molecular flexibility index (Phi) is 4.90. The Labute approximate surface area is 88.4 Å². The van der Waals surface area contributed by atoms with Crippen molar-refractivity contribution in [3.05, 3.63) is 0 Å². The molecule has 0 aliphatic heterocycles. The van der Waals surface area contributed by atoms with Crippen LogP contribution in [0.4, 0.5) is 0 Å². The van der Waals surface area contributed by atoms with Crippen molar-refractivity contribution in [2.45, 2.75) is 39.7 Å². The fourth-order valence-electron chi connectivity index (χ4n) is 1.80. The normalized spacial score (nSPS) is 23.1. The Balaban J connectivity index is 2.15. The zero-order valence-corrected chi connectivity index (χ0v) is 10.0. The van der Waals surface area contributed by atoms with Crippen molar-refractivity contribution in [3.8, 4) is 0 Å². The second-order valence-corrected chi connectivity index (χ2v) is 4.95. The first-order chi connectivity index (χ1) is 6.65. The van der Waals surface area contributed by atoms with E-state index in [9.17, 15) is 0 Å². The number of ether oxygens (including phenoxy) is 1. The zero-order chi connectivity index (χ0) is 10.6. The number of hydrogen-bond acceptors (Lipinski definition) is 2. The van der Waals surface area contributed by atoms with Crippen LogP contribution in [0.5, 0.6) is 0 Å². The Hall–Kier alpha value is -0.0800. The third-order valence-corrected chi connectivity index (χ3v) is 3.53. The van der Waals surface area contributed by atoms with E-state index in [1.165, 1.54) is 19.4 Å². The number of hydrogen-bond donors (Lipinski definition) is 1. The smallest absolute Gasteiger partial charge is 0.0490 e. The number of rotatable bonds is 7. The van der Waals surface area contributed by atoms with Crippen molar-refractivity contribution in [1.82, 2.24) is 5.32 Å². The van der Waals surface area contributed by atoms with Crippen molar-refractivity contribution >= 4 is 0 Å². The summed E-state index contributed by atoms with van der Waals surface area (Å²) in [5.41, 5.74) is 0. The van der Waals surface area contributed by atoms with E-state index in [-0.39, 0.29) is 0 Å². The topological polar surface area (TPSA) is 21.3 Å². The number of methoxy groups -OCH3 is 1. The molecule has 0 aromatic rings. The fraction of sp³-hybridized carbons (Fsp3) is 1.00. The molecule has 0 heterocycles. The Morgan fingerprint density at radius 3 is 2.36 bits per heavy atom. The van der Waals surface area contributed by atoms with E-state index in [4.69, 9.17) is 4.74 Å². The summed E-state index contributed by atoms with van der Waals surface area (Å²) in [5, 5.41) is 3.59. The Morgan fingerprint density at radius 2 is 1.86 bits per heavy atom. The first kappa shape index (κ1) is 12.0. The molecule has 2 heteroatoms. The summed E-state index contributed by atoms with van der Waals surface area (Å²) >= 11 is 0. The standard InChI is InChI=1S/C12H25NO/c1-9(7-13-12-5-6-12)11(3)10(2)8-14-4/h9-13H,5-8H2,1-4H3. The summed E-state index contributed by atoms with van der Waals surface area (Å²) in [5.74, 6) is 2.15. The summed E-state index contributed by atoms with van der Waals surface area (Å²) < 4.78 is 5.19. The van der Waals surface area contributed by atoms with Crippen LogP contribution in [0.2, 0.25) is 0 Å². The van der Waals surface area contributed by atoms with Gasteiger partial charge in [0.05, 0.1) is 0 Å². The average Bonchev–Trinajstić information content (AvgIpc) is 2.97. The maximum Gasteiger partial charge on any atom is 0.0490 e. The highest BCUT2D eigenvalue weighted by atomic mass is 16.5. The molecular formula is C12H25NO. The maximum absolute atomic E-state index is 5.19. The third-order valence-electron chi connectivity index (χ3n) is 3.53. The van der Waals surface area contributed by atoms with E-state index in [1.807, 2.05) is 0 Å². The quantitative estimate of drug-likeness (QED) is 0.679. The molecule has 0 bridgehead atoms. The van der Waals surface area contributed by atoms with E-state index in [2.05, 4.69) is 26.1 Å². The molecule has 0 radical (unpaired) electrons. The molecule has 0 saturated heterocycles. The predicted octanol–water partition coefficient (Wildman–Crippen LogP) is 2.29. The van der Waals surface area contributed by atoms with Crippen LogP contribution in [0.25, 0.3) is 0 Å². The Bertz CT molecular complexity index is 156. The van der Waals surface area contributed by atoms with Gasteiger partial charge >= 0.3 is 0 Å². The van der Waals surface area contributed by atoms with Gasteiger partial charge in [-0.25, -0.2) is 0 Å². The lowest BCUT2D eigenvalue weighted by atomic mass is 9.85. The maximum atomic E-state index is 5.19. The molecule has 1 rings (SSSR count). The lowest BCUT2D eigenvalue weighted by Crippen LogP contribution is -2.30.